The summed E-state index contributed by atoms with van der Waals surface area (Å²) in [6.45, 7) is 33.8. The quantitative estimate of drug-likeness (QED) is 0.0389. The summed E-state index contributed by atoms with van der Waals surface area (Å²) < 4.78 is 71.3. The highest BCUT2D eigenvalue weighted by Crippen LogP contribution is 2.38. The lowest BCUT2D eigenvalue weighted by Gasteiger charge is -2.30. The average molecular weight is 1320 g/mol. The lowest BCUT2D eigenvalue weighted by atomic mass is 9.85. The molecule has 10 nitrogen and oxygen atoms in total. The van der Waals surface area contributed by atoms with Gasteiger partial charge in [-0.05, 0) is 202 Å². The van der Waals surface area contributed by atoms with Crippen molar-refractivity contribution in [3.63, 3.8) is 0 Å². The first-order valence-corrected chi connectivity index (χ1v) is 38.2. The van der Waals surface area contributed by atoms with Gasteiger partial charge < -0.3 is 27.4 Å². The highest BCUT2D eigenvalue weighted by Gasteiger charge is 2.32. The predicted octanol–water partition coefficient (Wildman–Crippen LogP) is 17.0. The molecule has 5 aromatic carbocycles. The second-order valence-corrected chi connectivity index (χ2v) is 29.5. The normalized spacial score (nSPS) is 15.2. The summed E-state index contributed by atoms with van der Waals surface area (Å²) in [4.78, 5) is 3.10. The molecule has 0 bridgehead atoms. The zero-order valence-electron chi connectivity index (χ0n) is 58.7. The Kier molecular flexibility index (Phi) is 33.1. The van der Waals surface area contributed by atoms with Crippen molar-refractivity contribution >= 4 is 48.4 Å². The number of benzene rings is 5. The van der Waals surface area contributed by atoms with Crippen molar-refractivity contribution < 1.29 is 38.6 Å². The van der Waals surface area contributed by atoms with Crippen LogP contribution in [0.2, 0.25) is 0 Å². The van der Waals surface area contributed by atoms with Crippen molar-refractivity contribution in [3.05, 3.63) is 172 Å². The van der Waals surface area contributed by atoms with Crippen LogP contribution < -0.4 is 27.4 Å². The monoisotopic (exact) mass is 1310 g/mol. The Bertz CT molecular complexity index is 3360. The molecule has 0 spiro atoms. The van der Waals surface area contributed by atoms with Crippen LogP contribution in [0.25, 0.3) is 5.57 Å². The van der Waals surface area contributed by atoms with Gasteiger partial charge in [0.25, 0.3) is 0 Å². The Hall–Kier alpha value is -5.50. The first-order chi connectivity index (χ1) is 43.9. The summed E-state index contributed by atoms with van der Waals surface area (Å²) in [5.41, 5.74) is 12.7. The van der Waals surface area contributed by atoms with Crippen LogP contribution in [0.5, 0.6) is 5.75 Å². The van der Waals surface area contributed by atoms with Crippen LogP contribution in [0.4, 0.5) is 17.1 Å². The number of nitrogens with one attached hydrogen (secondary N) is 1. The Morgan fingerprint density at radius 2 is 1.01 bits per heavy atom. The van der Waals surface area contributed by atoms with E-state index in [9.17, 15) is 16.8 Å². The van der Waals surface area contributed by atoms with E-state index in [0.717, 1.165) is 189 Å². The molecular weight excluding hydrogens is 1200 g/mol. The average Bonchev–Trinajstić information content (AvgIpc) is 0.822. The minimum atomic E-state index is -3.76. The molecular formula is C79H116ClN5O5S2. The van der Waals surface area contributed by atoms with Crippen LogP contribution in [0.15, 0.2) is 154 Å². The summed E-state index contributed by atoms with van der Waals surface area (Å²) in [5, 5.41) is 3.59. The fraction of sp³-hybridized carbons (Fsp3) is 0.532. The third kappa shape index (κ3) is 22.0. The molecule has 0 radical (unpaired) electrons. The van der Waals surface area contributed by atoms with Crippen LogP contribution in [0, 0.1) is 30.6 Å². The zero-order chi connectivity index (χ0) is 65.9. The largest absolute Gasteiger partial charge is 1.00 e. The molecule has 5 aromatic rings. The lowest BCUT2D eigenvalue weighted by molar-refractivity contribution is -0.539. The zero-order valence-corrected chi connectivity index (χ0v) is 61.1. The second kappa shape index (κ2) is 39.4. The van der Waals surface area contributed by atoms with Crippen LogP contribution in [0.1, 0.15) is 214 Å². The number of sulfonamides is 2. The smallest absolute Gasteiger partial charge is 0.243 e. The van der Waals surface area contributed by atoms with Gasteiger partial charge in [-0.25, -0.2) is 21.4 Å². The maximum atomic E-state index is 14.9. The van der Waals surface area contributed by atoms with Crippen molar-refractivity contribution in [2.24, 2.45) is 23.7 Å². The molecule has 6 rings (SSSR count). The van der Waals surface area contributed by atoms with Crippen LogP contribution >= 0.6 is 0 Å². The minimum absolute atomic E-state index is 0. The SMILES string of the molecule is CCCCC(CC)CN(CC(CC)CCCC)S(=O)(=O)c1cccc(CN(CC)c2ccc(/C(=C3/C=CC(=[N+](CC)Cc4cccc(S(=O)(=O)N(CC(CC)CCCC)CC(CC)CCCC)c4)C=C3C)c3ccc(Nc4ccc(OCC)cc4)cc3)c(C)c2)c1.[Cl-]. The van der Waals surface area contributed by atoms with Gasteiger partial charge in [-0.1, -0.05) is 175 Å². The van der Waals surface area contributed by atoms with Crippen molar-refractivity contribution in [1.29, 1.82) is 0 Å². The van der Waals surface area contributed by atoms with Crippen molar-refractivity contribution in [2.75, 3.05) is 56.1 Å². The van der Waals surface area contributed by atoms with Crippen LogP contribution in [0.3, 0.4) is 0 Å². The van der Waals surface area contributed by atoms with E-state index in [-0.39, 0.29) is 12.4 Å². The van der Waals surface area contributed by atoms with Gasteiger partial charge in [0.1, 0.15) is 12.3 Å². The van der Waals surface area contributed by atoms with Gasteiger partial charge in [-0.2, -0.15) is 8.61 Å². The van der Waals surface area contributed by atoms with Gasteiger partial charge >= 0.3 is 0 Å². The van der Waals surface area contributed by atoms with E-state index in [2.05, 4.69) is 171 Å². The molecule has 0 heterocycles. The molecule has 1 aliphatic carbocycles. The molecule has 92 heavy (non-hydrogen) atoms. The number of hydrogen-bond acceptors (Lipinski definition) is 7. The van der Waals surface area contributed by atoms with Gasteiger partial charge in [0, 0.05) is 74.0 Å². The fourth-order valence-electron chi connectivity index (χ4n) is 12.9. The Morgan fingerprint density at radius 1 is 0.543 bits per heavy atom. The lowest BCUT2D eigenvalue weighted by Crippen LogP contribution is -3.00. The number of nitrogens with zero attached hydrogens (tertiary/aromatic N) is 4. The number of ether oxygens (including phenoxy) is 1. The molecule has 1 N–H and O–H groups in total. The number of unbranched alkanes of at least 4 members (excludes halogenated alkanes) is 4. The van der Waals surface area contributed by atoms with Gasteiger partial charge in [-0.3, -0.25) is 0 Å². The molecule has 0 aliphatic heterocycles. The topological polar surface area (TPSA) is 102 Å². The molecule has 0 saturated carbocycles. The Labute approximate surface area is 565 Å². The van der Waals surface area contributed by atoms with Crippen molar-refractivity contribution in [1.82, 2.24) is 8.61 Å². The standard InChI is InChI=1S/C79H115N5O5S2.ClH/c1-14-25-31-63(18-5)57-83(58-64(19-6)32-26-15-2)90(85,86)75-37-29-35-67(53-75)55-81(22-9)72-45-49-77(61(12)51-72)79(69-39-41-70(42-40-69)80-71-43-47-74(48-44-71)89-24-11)78-50-46-73(52-62(78)13)82(23-10)56-68-36-30-38-76(54-68)91(87,88)84(59-65(20-7)33-27-16-3)60-66(21-8)34-28-17-4;/h29-30,35-54,63-66H,14-28,31-34,55-60H2,1-13H3;1H. The highest BCUT2D eigenvalue weighted by molar-refractivity contribution is 7.89. The molecule has 0 amide bonds. The predicted molar refractivity (Wildman–Crippen MR) is 387 cm³/mol. The number of halogens is 1. The Morgan fingerprint density at radius 3 is 1.43 bits per heavy atom. The molecule has 4 unspecified atom stereocenters. The van der Waals surface area contributed by atoms with Crippen LogP contribution in [-0.4, -0.2) is 81.6 Å². The minimum Gasteiger partial charge on any atom is -1.00 e. The first kappa shape index (κ1) is 77.2. The summed E-state index contributed by atoms with van der Waals surface area (Å²) in [5.74, 6) is 2.14. The van der Waals surface area contributed by atoms with E-state index >= 15 is 0 Å². The van der Waals surface area contributed by atoms with E-state index in [1.807, 2.05) is 64.1 Å². The number of aryl methyl sites for hydroxylation is 1. The van der Waals surface area contributed by atoms with E-state index < -0.39 is 20.0 Å². The van der Waals surface area contributed by atoms with Crippen molar-refractivity contribution in [2.45, 2.75) is 216 Å². The van der Waals surface area contributed by atoms with Crippen LogP contribution in [-0.2, 0) is 33.1 Å². The molecule has 0 aromatic heterocycles. The van der Waals surface area contributed by atoms with E-state index in [0.29, 0.717) is 79.3 Å². The number of hydrogen-bond donors (Lipinski definition) is 1. The fourth-order valence-corrected chi connectivity index (χ4v) is 16.2. The van der Waals surface area contributed by atoms with Gasteiger partial charge in [0.05, 0.1) is 16.4 Å². The summed E-state index contributed by atoms with van der Waals surface area (Å²) in [6, 6.07) is 38.9. The van der Waals surface area contributed by atoms with Crippen molar-refractivity contribution in [3.8, 4) is 5.75 Å². The maximum absolute atomic E-state index is 14.9. The molecule has 0 fully saturated rings. The molecule has 4 atom stereocenters. The summed E-state index contributed by atoms with van der Waals surface area (Å²) in [7, 11) is -7.52. The molecule has 0 saturated heterocycles. The summed E-state index contributed by atoms with van der Waals surface area (Å²) in [6.07, 6.45) is 23.6. The van der Waals surface area contributed by atoms with Gasteiger partial charge in [-0.15, -0.1) is 0 Å². The van der Waals surface area contributed by atoms with E-state index in [1.165, 1.54) is 0 Å². The first-order valence-electron chi connectivity index (χ1n) is 35.3. The number of rotatable bonds is 41. The van der Waals surface area contributed by atoms with Gasteiger partial charge in [0.15, 0.2) is 12.3 Å². The number of anilines is 3. The molecule has 506 valence electrons. The van der Waals surface area contributed by atoms with Gasteiger partial charge in [0.2, 0.25) is 20.0 Å². The summed E-state index contributed by atoms with van der Waals surface area (Å²) >= 11 is 0. The Balaban J connectivity index is 0.0000154. The van der Waals surface area contributed by atoms with E-state index in [1.54, 1.807) is 12.1 Å². The number of allylic oxidation sites excluding steroid dienone is 5. The third-order valence-electron chi connectivity index (χ3n) is 18.9. The molecule has 1 aliphatic rings. The maximum Gasteiger partial charge on any atom is 0.243 e. The molecule has 13 heteroatoms. The second-order valence-electron chi connectivity index (χ2n) is 25.7. The van der Waals surface area contributed by atoms with E-state index in [4.69, 9.17) is 4.74 Å². The third-order valence-corrected chi connectivity index (χ3v) is 22.6. The highest BCUT2D eigenvalue weighted by atomic mass is 35.5.